The van der Waals surface area contributed by atoms with Crippen LogP contribution in [0.5, 0.6) is 0 Å². The van der Waals surface area contributed by atoms with Gasteiger partial charge in [0.15, 0.2) is 5.11 Å². The molecule has 0 radical (unpaired) electrons. The zero-order valence-electron chi connectivity index (χ0n) is 14.6. The highest BCUT2D eigenvalue weighted by Gasteiger charge is 2.13. The highest BCUT2D eigenvalue weighted by molar-refractivity contribution is 7.80. The third-order valence-electron chi connectivity index (χ3n) is 3.45. The van der Waals surface area contributed by atoms with Crippen molar-refractivity contribution >= 4 is 40.8 Å². The molecule has 0 aliphatic carbocycles. The Bertz CT molecular complexity index is 645. The topological polar surface area (TPSA) is 87.7 Å². The van der Waals surface area contributed by atoms with Gasteiger partial charge in [-0.15, -0.1) is 0 Å². The van der Waals surface area contributed by atoms with Gasteiger partial charge in [-0.1, -0.05) is 6.07 Å². The van der Waals surface area contributed by atoms with Crippen LogP contribution in [0.2, 0.25) is 0 Å². The smallest absolute Gasteiger partial charge is 0.306 e. The van der Waals surface area contributed by atoms with Crippen molar-refractivity contribution in [2.75, 3.05) is 25.5 Å². The van der Waals surface area contributed by atoms with Crippen LogP contribution in [0.15, 0.2) is 24.3 Å². The predicted octanol–water partition coefficient (Wildman–Crippen LogP) is 1.93. The highest BCUT2D eigenvalue weighted by Crippen LogP contribution is 2.13. The highest BCUT2D eigenvalue weighted by atomic mass is 32.1. The summed E-state index contributed by atoms with van der Waals surface area (Å²) < 4.78 is 4.47. The number of nitrogens with one attached hydrogen (secondary N) is 2. The fourth-order valence-electron chi connectivity index (χ4n) is 2.09. The summed E-state index contributed by atoms with van der Waals surface area (Å²) in [6.07, 6.45) is -0.0339. The molecule has 7 nitrogen and oxygen atoms in total. The summed E-state index contributed by atoms with van der Waals surface area (Å²) >= 11 is 5.07. The first-order valence-corrected chi connectivity index (χ1v) is 8.39. The number of amides is 2. The van der Waals surface area contributed by atoms with E-state index < -0.39 is 11.9 Å². The fourth-order valence-corrected chi connectivity index (χ4v) is 2.32. The largest absolute Gasteiger partial charge is 0.469 e. The molecule has 136 valence electrons. The number of carbonyl (C=O) groups is 3. The summed E-state index contributed by atoms with van der Waals surface area (Å²) in [6.45, 7) is 5.09. The predicted molar refractivity (Wildman–Crippen MR) is 99.3 cm³/mol. The lowest BCUT2D eigenvalue weighted by atomic mass is 10.1. The van der Waals surface area contributed by atoms with Crippen LogP contribution in [0.4, 0.5) is 5.69 Å². The summed E-state index contributed by atoms with van der Waals surface area (Å²) in [7, 11) is 1.26. The first-order valence-electron chi connectivity index (χ1n) is 7.98. The van der Waals surface area contributed by atoms with Gasteiger partial charge in [0.25, 0.3) is 5.91 Å². The van der Waals surface area contributed by atoms with Gasteiger partial charge in [0.2, 0.25) is 5.91 Å². The lowest BCUT2D eigenvalue weighted by Crippen LogP contribution is -2.34. The van der Waals surface area contributed by atoms with Crippen molar-refractivity contribution in [3.05, 3.63) is 29.8 Å². The standard InChI is InChI=1S/C17H23N3O4S/c1-4-20(5-2)16(23)12-7-6-8-13(11-12)18-17(25)19-14(21)9-10-15(22)24-3/h6-8,11H,4-5,9-10H2,1-3H3,(H2,18,19,21,25). The van der Waals surface area contributed by atoms with Gasteiger partial charge in [0, 0.05) is 30.8 Å². The summed E-state index contributed by atoms with van der Waals surface area (Å²) in [5.74, 6) is -0.920. The van der Waals surface area contributed by atoms with Gasteiger partial charge < -0.3 is 20.3 Å². The molecular weight excluding hydrogens is 342 g/mol. The van der Waals surface area contributed by atoms with Crippen LogP contribution in [-0.2, 0) is 14.3 Å². The van der Waals surface area contributed by atoms with Crippen LogP contribution in [0.3, 0.4) is 0 Å². The number of nitrogens with zero attached hydrogens (tertiary/aromatic N) is 1. The van der Waals surface area contributed by atoms with Gasteiger partial charge in [-0.2, -0.15) is 0 Å². The number of carbonyl (C=O) groups excluding carboxylic acids is 3. The van der Waals surface area contributed by atoms with E-state index in [9.17, 15) is 14.4 Å². The van der Waals surface area contributed by atoms with Crippen LogP contribution in [0.1, 0.15) is 37.0 Å². The van der Waals surface area contributed by atoms with E-state index in [-0.39, 0.29) is 23.9 Å². The monoisotopic (exact) mass is 365 g/mol. The molecule has 2 amide bonds. The van der Waals surface area contributed by atoms with E-state index >= 15 is 0 Å². The summed E-state index contributed by atoms with van der Waals surface area (Å²) in [4.78, 5) is 36.8. The molecule has 0 aliphatic heterocycles. The van der Waals surface area contributed by atoms with Gasteiger partial charge in [0.05, 0.1) is 13.5 Å². The van der Waals surface area contributed by atoms with Crippen molar-refractivity contribution < 1.29 is 19.1 Å². The molecule has 0 fully saturated rings. The van der Waals surface area contributed by atoms with E-state index in [0.717, 1.165) is 0 Å². The SMILES string of the molecule is CCN(CC)C(=O)c1cccc(NC(=S)NC(=O)CCC(=O)OC)c1. The van der Waals surface area contributed by atoms with Crippen LogP contribution >= 0.6 is 12.2 Å². The normalized spacial score (nSPS) is 9.88. The molecule has 0 saturated heterocycles. The fraction of sp³-hybridized carbons (Fsp3) is 0.412. The summed E-state index contributed by atoms with van der Waals surface area (Å²) in [6, 6.07) is 6.88. The quantitative estimate of drug-likeness (QED) is 0.567. The lowest BCUT2D eigenvalue weighted by molar-refractivity contribution is -0.142. The third-order valence-corrected chi connectivity index (χ3v) is 3.66. The molecule has 1 rings (SSSR count). The Labute approximate surface area is 152 Å². The Morgan fingerprint density at radius 1 is 1.16 bits per heavy atom. The molecular formula is C17H23N3O4S. The summed E-state index contributed by atoms with van der Waals surface area (Å²) in [5.41, 5.74) is 1.13. The molecule has 25 heavy (non-hydrogen) atoms. The van der Waals surface area contributed by atoms with Crippen molar-refractivity contribution in [3.63, 3.8) is 0 Å². The van der Waals surface area contributed by atoms with Gasteiger partial charge in [0.1, 0.15) is 0 Å². The number of ether oxygens (including phenoxy) is 1. The van der Waals surface area contributed by atoms with Crippen molar-refractivity contribution in [2.24, 2.45) is 0 Å². The Morgan fingerprint density at radius 2 is 1.84 bits per heavy atom. The molecule has 0 heterocycles. The molecule has 1 aromatic rings. The Balaban J connectivity index is 2.63. The molecule has 0 atom stereocenters. The van der Waals surface area contributed by atoms with E-state index in [1.807, 2.05) is 13.8 Å². The van der Waals surface area contributed by atoms with Gasteiger partial charge in [-0.25, -0.2) is 0 Å². The van der Waals surface area contributed by atoms with E-state index in [4.69, 9.17) is 12.2 Å². The number of hydrogen-bond acceptors (Lipinski definition) is 5. The number of methoxy groups -OCH3 is 1. The molecule has 0 spiro atoms. The first-order chi connectivity index (χ1) is 11.9. The maximum atomic E-state index is 12.4. The molecule has 0 aromatic heterocycles. The maximum absolute atomic E-state index is 12.4. The van der Waals surface area contributed by atoms with Crippen molar-refractivity contribution in [1.29, 1.82) is 0 Å². The average Bonchev–Trinajstić information content (AvgIpc) is 2.60. The van der Waals surface area contributed by atoms with Crippen molar-refractivity contribution in [2.45, 2.75) is 26.7 Å². The number of rotatable bonds is 7. The van der Waals surface area contributed by atoms with Crippen molar-refractivity contribution in [1.82, 2.24) is 10.2 Å². The maximum Gasteiger partial charge on any atom is 0.306 e. The molecule has 0 aliphatic rings. The average molecular weight is 365 g/mol. The number of hydrogen-bond donors (Lipinski definition) is 2. The molecule has 1 aromatic carbocycles. The van der Waals surface area contributed by atoms with Crippen LogP contribution in [-0.4, -0.2) is 48.0 Å². The van der Waals surface area contributed by atoms with E-state index in [1.54, 1.807) is 29.2 Å². The molecule has 8 heteroatoms. The first kappa shape index (κ1) is 20.6. The van der Waals surface area contributed by atoms with E-state index in [0.29, 0.717) is 24.3 Å². The second-order valence-electron chi connectivity index (χ2n) is 5.14. The van der Waals surface area contributed by atoms with Crippen LogP contribution in [0, 0.1) is 0 Å². The van der Waals surface area contributed by atoms with Gasteiger partial charge in [-0.3, -0.25) is 14.4 Å². The minimum absolute atomic E-state index is 0.0151. The van der Waals surface area contributed by atoms with Gasteiger partial charge >= 0.3 is 5.97 Å². The van der Waals surface area contributed by atoms with E-state index in [1.165, 1.54) is 7.11 Å². The lowest BCUT2D eigenvalue weighted by Gasteiger charge is -2.19. The Morgan fingerprint density at radius 3 is 2.44 bits per heavy atom. The molecule has 0 unspecified atom stereocenters. The third kappa shape index (κ3) is 6.88. The number of anilines is 1. The molecule has 2 N–H and O–H groups in total. The minimum Gasteiger partial charge on any atom is -0.469 e. The van der Waals surface area contributed by atoms with Crippen LogP contribution in [0.25, 0.3) is 0 Å². The van der Waals surface area contributed by atoms with Crippen LogP contribution < -0.4 is 10.6 Å². The van der Waals surface area contributed by atoms with Gasteiger partial charge in [-0.05, 0) is 44.3 Å². The second-order valence-corrected chi connectivity index (χ2v) is 5.54. The number of esters is 1. The Hall–Kier alpha value is -2.48. The molecule has 0 saturated carbocycles. The zero-order chi connectivity index (χ0) is 18.8. The second kappa shape index (κ2) is 10.4. The zero-order valence-corrected chi connectivity index (χ0v) is 15.4. The summed E-state index contributed by atoms with van der Waals surface area (Å²) in [5, 5.41) is 5.44. The Kier molecular flexibility index (Phi) is 8.55. The number of benzene rings is 1. The number of thiocarbonyl (C=S) groups is 1. The van der Waals surface area contributed by atoms with E-state index in [2.05, 4.69) is 15.4 Å². The van der Waals surface area contributed by atoms with Crippen molar-refractivity contribution in [3.8, 4) is 0 Å². The minimum atomic E-state index is -0.461. The molecule has 0 bridgehead atoms.